The molecule has 0 saturated carbocycles. The molecule has 2 aromatic carbocycles. The lowest BCUT2D eigenvalue weighted by Crippen LogP contribution is -2.05. The van der Waals surface area contributed by atoms with Crippen LogP contribution in [0.2, 0.25) is 0 Å². The molecule has 0 bridgehead atoms. The molecular weight excluding hydrogens is 370 g/mol. The maximum absolute atomic E-state index is 5.15. The van der Waals surface area contributed by atoms with E-state index < -0.39 is 0 Å². The average Bonchev–Trinajstić information content (AvgIpc) is 2.43. The van der Waals surface area contributed by atoms with E-state index in [1.54, 1.807) is 7.11 Å². The van der Waals surface area contributed by atoms with Gasteiger partial charge in [-0.1, -0.05) is 18.2 Å². The SMILES string of the molecule is COc1ccc(CCNc2c(Br)cccc2Br)cc1. The number of benzene rings is 2. The molecule has 0 amide bonds. The number of rotatable bonds is 5. The first kappa shape index (κ1) is 14.4. The molecule has 2 aromatic rings. The first-order chi connectivity index (χ1) is 9.20. The Morgan fingerprint density at radius 1 is 1.00 bits per heavy atom. The van der Waals surface area contributed by atoms with Crippen molar-refractivity contribution in [2.24, 2.45) is 0 Å². The Morgan fingerprint density at radius 2 is 1.63 bits per heavy atom. The first-order valence-corrected chi connectivity index (χ1v) is 7.60. The van der Waals surface area contributed by atoms with Crippen LogP contribution in [0.4, 0.5) is 5.69 Å². The molecule has 0 aromatic heterocycles. The molecule has 2 nitrogen and oxygen atoms in total. The van der Waals surface area contributed by atoms with Gasteiger partial charge in [-0.25, -0.2) is 0 Å². The number of nitrogens with one attached hydrogen (secondary N) is 1. The Balaban J connectivity index is 1.92. The molecule has 0 aliphatic carbocycles. The van der Waals surface area contributed by atoms with E-state index >= 15 is 0 Å². The lowest BCUT2D eigenvalue weighted by atomic mass is 10.1. The van der Waals surface area contributed by atoms with Crippen LogP contribution >= 0.6 is 31.9 Å². The summed E-state index contributed by atoms with van der Waals surface area (Å²) in [4.78, 5) is 0. The lowest BCUT2D eigenvalue weighted by molar-refractivity contribution is 0.414. The molecule has 0 aliphatic rings. The molecule has 0 unspecified atom stereocenters. The van der Waals surface area contributed by atoms with E-state index in [0.29, 0.717) is 0 Å². The van der Waals surface area contributed by atoms with E-state index in [1.165, 1.54) is 5.56 Å². The van der Waals surface area contributed by atoms with Crippen LogP contribution < -0.4 is 10.1 Å². The quantitative estimate of drug-likeness (QED) is 0.793. The number of anilines is 1. The van der Waals surface area contributed by atoms with Crippen LogP contribution in [0.3, 0.4) is 0 Å². The molecule has 0 saturated heterocycles. The Kier molecular flexibility index (Phi) is 5.28. The van der Waals surface area contributed by atoms with Crippen LogP contribution in [-0.4, -0.2) is 13.7 Å². The normalized spacial score (nSPS) is 10.3. The Labute approximate surface area is 130 Å². The summed E-state index contributed by atoms with van der Waals surface area (Å²) in [6.45, 7) is 0.882. The predicted molar refractivity (Wildman–Crippen MR) is 87.0 cm³/mol. The smallest absolute Gasteiger partial charge is 0.118 e. The van der Waals surface area contributed by atoms with E-state index in [4.69, 9.17) is 4.74 Å². The summed E-state index contributed by atoms with van der Waals surface area (Å²) in [5, 5.41) is 3.43. The van der Waals surface area contributed by atoms with Gasteiger partial charge in [-0.3, -0.25) is 0 Å². The minimum Gasteiger partial charge on any atom is -0.497 e. The third-order valence-electron chi connectivity index (χ3n) is 2.84. The third-order valence-corrected chi connectivity index (χ3v) is 4.16. The molecule has 2 rings (SSSR count). The van der Waals surface area contributed by atoms with Gasteiger partial charge in [0.15, 0.2) is 0 Å². The second-order valence-corrected chi connectivity index (χ2v) is 5.83. The minimum atomic E-state index is 0.882. The number of methoxy groups -OCH3 is 1. The van der Waals surface area contributed by atoms with Crippen molar-refractivity contribution in [3.63, 3.8) is 0 Å². The number of para-hydroxylation sites is 1. The molecule has 0 spiro atoms. The summed E-state index contributed by atoms with van der Waals surface area (Å²) in [5.74, 6) is 0.894. The van der Waals surface area contributed by atoms with E-state index in [2.05, 4.69) is 49.3 Å². The Bertz CT molecular complexity index is 520. The number of halogens is 2. The highest BCUT2D eigenvalue weighted by Gasteiger charge is 2.03. The van der Waals surface area contributed by atoms with Crippen molar-refractivity contribution < 1.29 is 4.74 Å². The van der Waals surface area contributed by atoms with Crippen molar-refractivity contribution in [3.8, 4) is 5.75 Å². The van der Waals surface area contributed by atoms with Gasteiger partial charge in [0.25, 0.3) is 0 Å². The van der Waals surface area contributed by atoms with Gasteiger partial charge in [-0.15, -0.1) is 0 Å². The summed E-state index contributed by atoms with van der Waals surface area (Å²) in [6.07, 6.45) is 0.970. The van der Waals surface area contributed by atoms with Gasteiger partial charge in [0.1, 0.15) is 5.75 Å². The van der Waals surface area contributed by atoms with Crippen LogP contribution in [0, 0.1) is 0 Å². The van der Waals surface area contributed by atoms with Crippen LogP contribution in [0.25, 0.3) is 0 Å². The Morgan fingerprint density at radius 3 is 2.21 bits per heavy atom. The predicted octanol–water partition coefficient (Wildman–Crippen LogP) is 4.87. The lowest BCUT2D eigenvalue weighted by Gasteiger charge is -2.10. The highest BCUT2D eigenvalue weighted by molar-refractivity contribution is 9.11. The zero-order valence-corrected chi connectivity index (χ0v) is 13.8. The first-order valence-electron chi connectivity index (χ1n) is 6.01. The molecule has 0 atom stereocenters. The summed E-state index contributed by atoms with van der Waals surface area (Å²) in [7, 11) is 1.68. The van der Waals surface area contributed by atoms with Crippen LogP contribution in [0.15, 0.2) is 51.4 Å². The maximum Gasteiger partial charge on any atom is 0.118 e. The molecular formula is C15H15Br2NO. The van der Waals surface area contributed by atoms with Crippen LogP contribution in [0.1, 0.15) is 5.56 Å². The summed E-state index contributed by atoms with van der Waals surface area (Å²) >= 11 is 7.09. The van der Waals surface area contributed by atoms with Crippen molar-refractivity contribution in [2.45, 2.75) is 6.42 Å². The molecule has 100 valence electrons. The molecule has 19 heavy (non-hydrogen) atoms. The topological polar surface area (TPSA) is 21.3 Å². The van der Waals surface area contributed by atoms with E-state index in [-0.39, 0.29) is 0 Å². The fourth-order valence-electron chi connectivity index (χ4n) is 1.79. The highest BCUT2D eigenvalue weighted by Crippen LogP contribution is 2.30. The number of hydrogen-bond donors (Lipinski definition) is 1. The fourth-order valence-corrected chi connectivity index (χ4v) is 3.07. The third kappa shape index (κ3) is 3.98. The van der Waals surface area contributed by atoms with Gasteiger partial charge in [-0.05, 0) is 68.1 Å². The van der Waals surface area contributed by atoms with E-state index in [0.717, 1.165) is 33.3 Å². The molecule has 0 radical (unpaired) electrons. The minimum absolute atomic E-state index is 0.882. The molecule has 1 N–H and O–H groups in total. The average molecular weight is 385 g/mol. The highest BCUT2D eigenvalue weighted by atomic mass is 79.9. The second-order valence-electron chi connectivity index (χ2n) is 4.12. The summed E-state index contributed by atoms with van der Waals surface area (Å²) in [6, 6.07) is 14.2. The standard InChI is InChI=1S/C15H15Br2NO/c1-19-12-7-5-11(6-8-12)9-10-18-15-13(16)3-2-4-14(15)17/h2-8,18H,9-10H2,1H3. The van der Waals surface area contributed by atoms with Crippen molar-refractivity contribution in [2.75, 3.05) is 19.0 Å². The number of ether oxygens (including phenoxy) is 1. The number of hydrogen-bond acceptors (Lipinski definition) is 2. The van der Waals surface area contributed by atoms with Crippen LogP contribution in [-0.2, 0) is 6.42 Å². The van der Waals surface area contributed by atoms with Gasteiger partial charge in [0, 0.05) is 15.5 Å². The van der Waals surface area contributed by atoms with E-state index in [9.17, 15) is 0 Å². The monoisotopic (exact) mass is 383 g/mol. The van der Waals surface area contributed by atoms with Gasteiger partial charge < -0.3 is 10.1 Å². The van der Waals surface area contributed by atoms with E-state index in [1.807, 2.05) is 30.3 Å². The molecule has 0 aliphatic heterocycles. The zero-order valence-electron chi connectivity index (χ0n) is 10.6. The summed E-state index contributed by atoms with van der Waals surface area (Å²) in [5.41, 5.74) is 2.38. The zero-order chi connectivity index (χ0) is 13.7. The van der Waals surface area contributed by atoms with Crippen molar-refractivity contribution in [1.29, 1.82) is 0 Å². The van der Waals surface area contributed by atoms with Gasteiger partial charge >= 0.3 is 0 Å². The second kappa shape index (κ2) is 6.96. The summed E-state index contributed by atoms with van der Waals surface area (Å²) < 4.78 is 7.28. The van der Waals surface area contributed by atoms with Gasteiger partial charge in [0.2, 0.25) is 0 Å². The van der Waals surface area contributed by atoms with Crippen LogP contribution in [0.5, 0.6) is 5.75 Å². The van der Waals surface area contributed by atoms with Crippen molar-refractivity contribution in [1.82, 2.24) is 0 Å². The molecule has 0 fully saturated rings. The largest absolute Gasteiger partial charge is 0.497 e. The Hall–Kier alpha value is -1.00. The van der Waals surface area contributed by atoms with Gasteiger partial charge in [0.05, 0.1) is 12.8 Å². The van der Waals surface area contributed by atoms with Gasteiger partial charge in [-0.2, -0.15) is 0 Å². The molecule has 4 heteroatoms. The maximum atomic E-state index is 5.15. The van der Waals surface area contributed by atoms with Crippen molar-refractivity contribution >= 4 is 37.5 Å². The molecule has 0 heterocycles. The van der Waals surface area contributed by atoms with Crippen molar-refractivity contribution in [3.05, 3.63) is 57.0 Å². The fraction of sp³-hybridized carbons (Fsp3) is 0.200.